The van der Waals surface area contributed by atoms with Gasteiger partial charge in [-0.25, -0.2) is 4.39 Å². The Kier molecular flexibility index (Phi) is 3.31. The van der Waals surface area contributed by atoms with Crippen molar-refractivity contribution in [2.24, 2.45) is 0 Å². The maximum Gasteiger partial charge on any atom is 0.105 e. The Hall–Kier alpha value is -0.150. The van der Waals surface area contributed by atoms with Crippen LogP contribution in [0.1, 0.15) is 39.5 Å². The number of nitrogens with zero attached hydrogens (tertiary/aromatic N) is 1. The smallest absolute Gasteiger partial charge is 0.105 e. The Morgan fingerprint density at radius 1 is 1.47 bits per heavy atom. The Morgan fingerprint density at radius 3 is 2.93 bits per heavy atom. The third-order valence-electron chi connectivity index (χ3n) is 3.90. The summed E-state index contributed by atoms with van der Waals surface area (Å²) in [6.07, 6.45) is 4.81. The van der Waals surface area contributed by atoms with Crippen molar-refractivity contribution in [1.29, 1.82) is 0 Å². The van der Waals surface area contributed by atoms with Crippen LogP contribution in [0.2, 0.25) is 0 Å². The first kappa shape index (κ1) is 11.3. The molecule has 3 heteroatoms. The molecule has 0 N–H and O–H groups in total. The summed E-state index contributed by atoms with van der Waals surface area (Å²) in [4.78, 5) is 2.37. The third-order valence-corrected chi connectivity index (χ3v) is 3.90. The molecule has 0 aromatic rings. The summed E-state index contributed by atoms with van der Waals surface area (Å²) in [6.45, 7) is 5.80. The lowest BCUT2D eigenvalue weighted by Crippen LogP contribution is -2.46. The Labute approximate surface area is 91.8 Å². The summed E-state index contributed by atoms with van der Waals surface area (Å²) in [5.41, 5.74) is 0.182. The van der Waals surface area contributed by atoms with Crippen LogP contribution < -0.4 is 0 Å². The minimum Gasteiger partial charge on any atom is -0.377 e. The van der Waals surface area contributed by atoms with E-state index in [1.54, 1.807) is 0 Å². The van der Waals surface area contributed by atoms with Crippen molar-refractivity contribution >= 4 is 0 Å². The fourth-order valence-corrected chi connectivity index (χ4v) is 3.10. The summed E-state index contributed by atoms with van der Waals surface area (Å²) in [5, 5.41) is 0. The molecule has 2 atom stereocenters. The molecular weight excluding hydrogens is 193 g/mol. The van der Waals surface area contributed by atoms with Gasteiger partial charge in [0, 0.05) is 11.6 Å². The molecule has 2 nitrogen and oxygen atoms in total. The van der Waals surface area contributed by atoms with E-state index in [9.17, 15) is 4.39 Å². The largest absolute Gasteiger partial charge is 0.377 e. The molecular formula is C12H22FNO. The predicted octanol–water partition coefficient (Wildman–Crippen LogP) is 2.38. The molecule has 88 valence electrons. The minimum atomic E-state index is -0.191. The molecule has 2 aliphatic heterocycles. The van der Waals surface area contributed by atoms with Crippen molar-refractivity contribution in [1.82, 2.24) is 4.90 Å². The zero-order chi connectivity index (χ0) is 10.9. The molecule has 2 heterocycles. The third kappa shape index (κ3) is 2.04. The van der Waals surface area contributed by atoms with E-state index in [4.69, 9.17) is 4.74 Å². The standard InChI is InChI=1S/C12H22FNO/c1-10(2)15-9-12-5-3-7-14(12)11(8-13)4-6-12/h10-11H,3-9H2,1-2H3/t11?,12-/m0/s1. The van der Waals surface area contributed by atoms with E-state index < -0.39 is 0 Å². The van der Waals surface area contributed by atoms with Crippen LogP contribution in [0.25, 0.3) is 0 Å². The lowest BCUT2D eigenvalue weighted by Gasteiger charge is -2.34. The molecule has 2 aliphatic rings. The maximum atomic E-state index is 12.8. The van der Waals surface area contributed by atoms with Gasteiger partial charge in [0.1, 0.15) is 6.67 Å². The second-order valence-electron chi connectivity index (χ2n) is 5.23. The molecule has 0 bridgehead atoms. The molecule has 0 aliphatic carbocycles. The number of ether oxygens (including phenoxy) is 1. The van der Waals surface area contributed by atoms with Crippen LogP contribution in [0.5, 0.6) is 0 Å². The van der Waals surface area contributed by atoms with Crippen LogP contribution in [0.4, 0.5) is 4.39 Å². The molecule has 0 saturated carbocycles. The monoisotopic (exact) mass is 215 g/mol. The Bertz CT molecular complexity index is 222. The average Bonchev–Trinajstić information content (AvgIpc) is 2.72. The van der Waals surface area contributed by atoms with E-state index in [0.29, 0.717) is 0 Å². The van der Waals surface area contributed by atoms with E-state index in [1.165, 1.54) is 12.8 Å². The fourth-order valence-electron chi connectivity index (χ4n) is 3.10. The van der Waals surface area contributed by atoms with Gasteiger partial charge in [-0.05, 0) is 46.1 Å². The molecule has 0 amide bonds. The van der Waals surface area contributed by atoms with Crippen molar-refractivity contribution < 1.29 is 9.13 Å². The van der Waals surface area contributed by atoms with Gasteiger partial charge in [0.05, 0.1) is 12.7 Å². The van der Waals surface area contributed by atoms with Crippen molar-refractivity contribution in [3.05, 3.63) is 0 Å². The summed E-state index contributed by atoms with van der Waals surface area (Å²) < 4.78 is 18.6. The highest BCUT2D eigenvalue weighted by Gasteiger charge is 2.49. The quantitative estimate of drug-likeness (QED) is 0.714. The summed E-state index contributed by atoms with van der Waals surface area (Å²) in [7, 11) is 0. The van der Waals surface area contributed by atoms with Crippen molar-refractivity contribution in [3.63, 3.8) is 0 Å². The van der Waals surface area contributed by atoms with Crippen LogP contribution in [-0.2, 0) is 4.74 Å². The molecule has 15 heavy (non-hydrogen) atoms. The van der Waals surface area contributed by atoms with Gasteiger partial charge in [0.25, 0.3) is 0 Å². The van der Waals surface area contributed by atoms with Crippen LogP contribution >= 0.6 is 0 Å². The van der Waals surface area contributed by atoms with Crippen LogP contribution in [0.15, 0.2) is 0 Å². The van der Waals surface area contributed by atoms with Gasteiger partial charge in [-0.1, -0.05) is 0 Å². The van der Waals surface area contributed by atoms with E-state index in [-0.39, 0.29) is 24.4 Å². The van der Waals surface area contributed by atoms with Crippen molar-refractivity contribution in [2.75, 3.05) is 19.8 Å². The minimum absolute atomic E-state index is 0.170. The number of hydrogen-bond donors (Lipinski definition) is 0. The van der Waals surface area contributed by atoms with Crippen LogP contribution in [0, 0.1) is 0 Å². The second kappa shape index (κ2) is 4.38. The number of hydrogen-bond acceptors (Lipinski definition) is 2. The maximum absolute atomic E-state index is 12.8. The van der Waals surface area contributed by atoms with E-state index in [0.717, 1.165) is 26.0 Å². The van der Waals surface area contributed by atoms with E-state index >= 15 is 0 Å². The molecule has 2 fully saturated rings. The topological polar surface area (TPSA) is 12.5 Å². The summed E-state index contributed by atoms with van der Waals surface area (Å²) in [5.74, 6) is 0. The number of alkyl halides is 1. The van der Waals surface area contributed by atoms with Gasteiger partial charge in [-0.3, -0.25) is 4.90 Å². The second-order valence-corrected chi connectivity index (χ2v) is 5.23. The van der Waals surface area contributed by atoms with Crippen LogP contribution in [-0.4, -0.2) is 42.4 Å². The first-order valence-electron chi connectivity index (χ1n) is 6.12. The van der Waals surface area contributed by atoms with E-state index in [1.807, 2.05) is 0 Å². The SMILES string of the molecule is CC(C)OC[C@@]12CCCN1C(CF)CC2. The van der Waals surface area contributed by atoms with Crippen LogP contribution in [0.3, 0.4) is 0 Å². The normalized spacial score (nSPS) is 36.4. The highest BCUT2D eigenvalue weighted by molar-refractivity contribution is 5.04. The van der Waals surface area contributed by atoms with Gasteiger partial charge in [0.15, 0.2) is 0 Å². The lowest BCUT2D eigenvalue weighted by atomic mass is 9.95. The molecule has 0 aromatic carbocycles. The predicted molar refractivity (Wildman–Crippen MR) is 58.8 cm³/mol. The zero-order valence-electron chi connectivity index (χ0n) is 9.84. The first-order valence-corrected chi connectivity index (χ1v) is 6.12. The highest BCUT2D eigenvalue weighted by atomic mass is 19.1. The number of fused-ring (bicyclic) bond motifs is 1. The molecule has 0 radical (unpaired) electrons. The zero-order valence-corrected chi connectivity index (χ0v) is 9.84. The lowest BCUT2D eigenvalue weighted by molar-refractivity contribution is -0.00690. The number of rotatable bonds is 4. The first-order chi connectivity index (χ1) is 7.18. The Balaban J connectivity index is 2.00. The van der Waals surface area contributed by atoms with E-state index in [2.05, 4.69) is 18.7 Å². The number of halogens is 1. The van der Waals surface area contributed by atoms with Gasteiger partial charge in [-0.2, -0.15) is 0 Å². The summed E-state index contributed by atoms with van der Waals surface area (Å²) in [6, 6.07) is 0.170. The van der Waals surface area contributed by atoms with Crippen molar-refractivity contribution in [3.8, 4) is 0 Å². The van der Waals surface area contributed by atoms with Crippen molar-refractivity contribution in [2.45, 2.75) is 57.2 Å². The molecule has 0 spiro atoms. The van der Waals surface area contributed by atoms with Gasteiger partial charge in [0.2, 0.25) is 0 Å². The summed E-state index contributed by atoms with van der Waals surface area (Å²) >= 11 is 0. The molecule has 2 rings (SSSR count). The highest BCUT2D eigenvalue weighted by Crippen LogP contribution is 2.42. The van der Waals surface area contributed by atoms with Gasteiger partial charge < -0.3 is 4.74 Å². The average molecular weight is 215 g/mol. The molecule has 0 aromatic heterocycles. The Morgan fingerprint density at radius 2 is 2.27 bits per heavy atom. The molecule has 1 unspecified atom stereocenters. The van der Waals surface area contributed by atoms with Gasteiger partial charge >= 0.3 is 0 Å². The molecule has 2 saturated heterocycles. The van der Waals surface area contributed by atoms with Gasteiger partial charge in [-0.15, -0.1) is 0 Å². The fraction of sp³-hybridized carbons (Fsp3) is 1.00.